The van der Waals surface area contributed by atoms with E-state index in [9.17, 15) is 9.82 Å². The Balaban J connectivity index is 2.39. The molecular formula is C12H16BNO2. The molecule has 2 rings (SSSR count). The zero-order chi connectivity index (χ0) is 11.8. The molecule has 16 heavy (non-hydrogen) atoms. The van der Waals surface area contributed by atoms with E-state index in [0.29, 0.717) is 13.0 Å². The van der Waals surface area contributed by atoms with Crippen molar-refractivity contribution in [2.24, 2.45) is 0 Å². The molecule has 0 amide bonds. The van der Waals surface area contributed by atoms with Gasteiger partial charge < -0.3 is 9.83 Å². The summed E-state index contributed by atoms with van der Waals surface area (Å²) in [5, 5.41) is 9.74. The smallest absolute Gasteiger partial charge is 0.377 e. The Labute approximate surface area is 96.2 Å². The van der Waals surface area contributed by atoms with E-state index in [1.54, 1.807) is 6.82 Å². The maximum Gasteiger partial charge on any atom is 0.377 e. The Morgan fingerprint density at radius 2 is 2.00 bits per heavy atom. The Hall–Kier alpha value is -1.13. The first-order chi connectivity index (χ1) is 7.54. The summed E-state index contributed by atoms with van der Waals surface area (Å²) in [7, 11) is -0.600. The van der Waals surface area contributed by atoms with E-state index < -0.39 is 7.05 Å². The van der Waals surface area contributed by atoms with Crippen molar-refractivity contribution in [2.45, 2.75) is 25.7 Å². The van der Waals surface area contributed by atoms with Crippen LogP contribution in [-0.2, 0) is 10.3 Å². The fraction of sp³-hybridized carbons (Fsp3) is 0.417. The van der Waals surface area contributed by atoms with Gasteiger partial charge in [-0.1, -0.05) is 30.3 Å². The van der Waals surface area contributed by atoms with Crippen molar-refractivity contribution in [3.8, 4) is 0 Å². The minimum atomic E-state index is -0.600. The average molecular weight is 217 g/mol. The van der Waals surface area contributed by atoms with E-state index in [-0.39, 0.29) is 11.3 Å². The van der Waals surface area contributed by atoms with Gasteiger partial charge in [-0.2, -0.15) is 0 Å². The molecule has 1 N–H and O–H groups in total. The molecule has 4 heteroatoms. The van der Waals surface area contributed by atoms with Gasteiger partial charge in [0, 0.05) is 18.5 Å². The molecule has 1 aromatic rings. The van der Waals surface area contributed by atoms with Gasteiger partial charge in [-0.3, -0.25) is 4.79 Å². The second-order valence-corrected chi connectivity index (χ2v) is 4.62. The van der Waals surface area contributed by atoms with E-state index >= 15 is 0 Å². The van der Waals surface area contributed by atoms with Gasteiger partial charge in [0.2, 0.25) is 0 Å². The fourth-order valence-electron chi connectivity index (χ4n) is 2.52. The summed E-state index contributed by atoms with van der Waals surface area (Å²) in [4.78, 5) is 13.4. The third-order valence-corrected chi connectivity index (χ3v) is 3.37. The molecule has 3 nitrogen and oxygen atoms in total. The number of Topliss-reactive ketones (excluding diaryl/α,β-unsaturated/α-hetero) is 1. The Kier molecular flexibility index (Phi) is 2.87. The highest BCUT2D eigenvalue weighted by molar-refractivity contribution is 6.46. The van der Waals surface area contributed by atoms with Crippen LogP contribution in [0.3, 0.4) is 0 Å². The number of nitrogens with zero attached hydrogens (tertiary/aromatic N) is 1. The molecular weight excluding hydrogens is 201 g/mol. The van der Waals surface area contributed by atoms with Gasteiger partial charge in [-0.05, 0) is 19.3 Å². The van der Waals surface area contributed by atoms with Crippen LogP contribution in [0.5, 0.6) is 0 Å². The molecule has 0 radical (unpaired) electrons. The summed E-state index contributed by atoms with van der Waals surface area (Å²) >= 11 is 0. The lowest BCUT2D eigenvalue weighted by Crippen LogP contribution is -2.47. The van der Waals surface area contributed by atoms with Gasteiger partial charge in [-0.15, -0.1) is 0 Å². The molecule has 0 aliphatic carbocycles. The van der Waals surface area contributed by atoms with Crippen molar-refractivity contribution in [1.82, 2.24) is 4.81 Å². The first-order valence-corrected chi connectivity index (χ1v) is 5.56. The zero-order valence-electron chi connectivity index (χ0n) is 9.68. The molecule has 1 aliphatic rings. The molecule has 0 spiro atoms. The molecule has 1 aliphatic heterocycles. The van der Waals surface area contributed by atoms with Crippen LogP contribution in [0.2, 0.25) is 6.82 Å². The first-order valence-electron chi connectivity index (χ1n) is 5.56. The predicted octanol–water partition coefficient (Wildman–Crippen LogP) is 1.29. The van der Waals surface area contributed by atoms with E-state index in [2.05, 4.69) is 0 Å². The maximum absolute atomic E-state index is 11.6. The molecule has 1 unspecified atom stereocenters. The topological polar surface area (TPSA) is 40.5 Å². The maximum atomic E-state index is 11.6. The second-order valence-electron chi connectivity index (χ2n) is 4.62. The van der Waals surface area contributed by atoms with Gasteiger partial charge in [0.25, 0.3) is 0 Å². The van der Waals surface area contributed by atoms with Crippen molar-refractivity contribution in [1.29, 1.82) is 0 Å². The molecule has 1 heterocycles. The highest BCUT2D eigenvalue weighted by Crippen LogP contribution is 2.36. The lowest BCUT2D eigenvalue weighted by atomic mass is 9.77. The lowest BCUT2D eigenvalue weighted by Gasteiger charge is -2.35. The van der Waals surface area contributed by atoms with Crippen LogP contribution in [0.15, 0.2) is 30.3 Å². The normalized spacial score (nSPS) is 26.1. The first kappa shape index (κ1) is 11.4. The van der Waals surface area contributed by atoms with Crippen LogP contribution in [0.1, 0.15) is 18.9 Å². The van der Waals surface area contributed by atoms with Crippen molar-refractivity contribution in [3.63, 3.8) is 0 Å². The minimum absolute atomic E-state index is 0.187. The molecule has 1 saturated heterocycles. The Morgan fingerprint density at radius 3 is 2.56 bits per heavy atom. The van der Waals surface area contributed by atoms with Gasteiger partial charge >= 0.3 is 7.05 Å². The van der Waals surface area contributed by atoms with Crippen molar-refractivity contribution in [3.05, 3.63) is 35.9 Å². The van der Waals surface area contributed by atoms with E-state index in [1.807, 2.05) is 42.1 Å². The summed E-state index contributed by atoms with van der Waals surface area (Å²) in [6.45, 7) is 4.06. The molecule has 84 valence electrons. The van der Waals surface area contributed by atoms with Gasteiger partial charge in [0.15, 0.2) is 0 Å². The lowest BCUT2D eigenvalue weighted by molar-refractivity contribution is -0.116. The van der Waals surface area contributed by atoms with Crippen LogP contribution < -0.4 is 0 Å². The number of carbonyl (C=O) groups is 1. The SMILES string of the molecule is CB(O)N1CC(=O)CC1(C)c1ccccc1. The summed E-state index contributed by atoms with van der Waals surface area (Å²) in [5.41, 5.74) is 0.716. The molecule has 0 bridgehead atoms. The van der Waals surface area contributed by atoms with E-state index in [1.165, 1.54) is 0 Å². The largest absolute Gasteiger partial charge is 0.437 e. The number of ketones is 1. The van der Waals surface area contributed by atoms with Gasteiger partial charge in [-0.25, -0.2) is 0 Å². The number of hydrogen-bond donors (Lipinski definition) is 1. The van der Waals surface area contributed by atoms with Gasteiger partial charge in [0.1, 0.15) is 5.78 Å². The van der Waals surface area contributed by atoms with Crippen molar-refractivity contribution in [2.75, 3.05) is 6.54 Å². The second kappa shape index (κ2) is 4.03. The van der Waals surface area contributed by atoms with Crippen LogP contribution in [0.4, 0.5) is 0 Å². The average Bonchev–Trinajstić information content (AvgIpc) is 2.57. The monoisotopic (exact) mass is 217 g/mol. The van der Waals surface area contributed by atoms with Crippen LogP contribution in [0.25, 0.3) is 0 Å². The predicted molar refractivity (Wildman–Crippen MR) is 64.0 cm³/mol. The number of benzene rings is 1. The summed E-state index contributed by atoms with van der Waals surface area (Å²) in [6, 6.07) is 9.89. The third-order valence-electron chi connectivity index (χ3n) is 3.37. The quantitative estimate of drug-likeness (QED) is 0.758. The summed E-state index contributed by atoms with van der Waals surface area (Å²) in [6.07, 6.45) is 0.474. The number of hydrogen-bond acceptors (Lipinski definition) is 3. The van der Waals surface area contributed by atoms with Crippen LogP contribution in [-0.4, -0.2) is 29.2 Å². The molecule has 1 aromatic carbocycles. The molecule has 0 saturated carbocycles. The standard InChI is InChI=1S/C12H16BNO2/c1-12(10-6-4-3-5-7-10)8-11(15)9-14(12)13(2)16/h3-7,16H,8-9H2,1-2H3. The van der Waals surface area contributed by atoms with Crippen LogP contribution in [0, 0.1) is 0 Å². The molecule has 0 aromatic heterocycles. The zero-order valence-corrected chi connectivity index (χ0v) is 9.68. The minimum Gasteiger partial charge on any atom is -0.437 e. The van der Waals surface area contributed by atoms with E-state index in [0.717, 1.165) is 5.56 Å². The number of carbonyl (C=O) groups excluding carboxylic acids is 1. The summed E-state index contributed by atoms with van der Waals surface area (Å²) < 4.78 is 0. The van der Waals surface area contributed by atoms with Crippen molar-refractivity contribution >= 4 is 12.8 Å². The highest BCUT2D eigenvalue weighted by atomic mass is 16.2. The Morgan fingerprint density at radius 1 is 1.38 bits per heavy atom. The fourth-order valence-corrected chi connectivity index (χ4v) is 2.52. The highest BCUT2D eigenvalue weighted by Gasteiger charge is 2.45. The van der Waals surface area contributed by atoms with Gasteiger partial charge in [0.05, 0.1) is 0 Å². The number of rotatable bonds is 2. The summed E-state index contributed by atoms with van der Waals surface area (Å²) in [5.74, 6) is 0.187. The van der Waals surface area contributed by atoms with Crippen molar-refractivity contribution < 1.29 is 9.82 Å². The third kappa shape index (κ3) is 1.79. The molecule has 1 fully saturated rings. The molecule has 1 atom stereocenters. The van der Waals surface area contributed by atoms with Crippen LogP contribution >= 0.6 is 0 Å². The van der Waals surface area contributed by atoms with E-state index in [4.69, 9.17) is 0 Å². The Bertz CT molecular complexity index is 393.